The predicted molar refractivity (Wildman–Crippen MR) is 117 cm³/mol. The summed E-state index contributed by atoms with van der Waals surface area (Å²) in [4.78, 5) is 23.2. The highest BCUT2D eigenvalue weighted by atomic mass is 16.4. The summed E-state index contributed by atoms with van der Waals surface area (Å²) in [5, 5.41) is 11.8. The molecule has 0 aliphatic heterocycles. The number of carboxylic acid groups (broad SMARTS) is 1. The smallest absolute Gasteiger partial charge is 0.326 e. The molecule has 0 aromatic heterocycles. The highest BCUT2D eigenvalue weighted by molar-refractivity contribution is 5.96. The fourth-order valence-corrected chi connectivity index (χ4v) is 3.18. The molecule has 4 N–H and O–H groups in total. The maximum atomic E-state index is 12.0. The van der Waals surface area contributed by atoms with Gasteiger partial charge in [0.2, 0.25) is 0 Å². The van der Waals surface area contributed by atoms with Gasteiger partial charge in [0.1, 0.15) is 6.04 Å². The van der Waals surface area contributed by atoms with Gasteiger partial charge < -0.3 is 16.2 Å². The lowest BCUT2D eigenvalue weighted by Crippen LogP contribution is -2.42. The van der Waals surface area contributed by atoms with Crippen molar-refractivity contribution in [2.75, 3.05) is 0 Å². The van der Waals surface area contributed by atoms with E-state index >= 15 is 0 Å². The monoisotopic (exact) mass is 402 g/mol. The van der Waals surface area contributed by atoms with Crippen LogP contribution in [-0.4, -0.2) is 29.1 Å². The highest BCUT2D eigenvalue weighted by Crippen LogP contribution is 2.38. The average molecular weight is 402 g/mol. The van der Waals surface area contributed by atoms with Crippen LogP contribution in [0.2, 0.25) is 0 Å². The first-order valence-corrected chi connectivity index (χ1v) is 9.97. The molecule has 1 saturated carbocycles. The fraction of sp³-hybridized carbons (Fsp3) is 0.200. The SMILES string of the molecule is NC1CC1c1ccccc1.O=C(NC(Cc1ccccc1)C(=O)O)c1ccccc1. The largest absolute Gasteiger partial charge is 0.480 e. The van der Waals surface area contributed by atoms with Gasteiger partial charge in [-0.25, -0.2) is 4.79 Å². The molecule has 1 amide bonds. The first-order chi connectivity index (χ1) is 14.5. The third-order valence-corrected chi connectivity index (χ3v) is 4.99. The molecule has 30 heavy (non-hydrogen) atoms. The summed E-state index contributed by atoms with van der Waals surface area (Å²) in [6.07, 6.45) is 1.43. The molecular formula is C25H26N2O3. The average Bonchev–Trinajstić information content (AvgIpc) is 3.52. The number of aliphatic carboxylic acids is 1. The van der Waals surface area contributed by atoms with Gasteiger partial charge in [0, 0.05) is 23.9 Å². The van der Waals surface area contributed by atoms with Gasteiger partial charge in [-0.2, -0.15) is 0 Å². The van der Waals surface area contributed by atoms with Gasteiger partial charge in [-0.05, 0) is 29.7 Å². The first kappa shape index (κ1) is 21.3. The van der Waals surface area contributed by atoms with Gasteiger partial charge in [-0.3, -0.25) is 4.79 Å². The molecule has 5 nitrogen and oxygen atoms in total. The van der Waals surface area contributed by atoms with Crippen LogP contribution in [0.5, 0.6) is 0 Å². The van der Waals surface area contributed by atoms with Crippen LogP contribution in [0, 0.1) is 0 Å². The molecule has 5 heteroatoms. The van der Waals surface area contributed by atoms with E-state index in [2.05, 4.69) is 29.6 Å². The highest BCUT2D eigenvalue weighted by Gasteiger charge is 2.34. The topological polar surface area (TPSA) is 92.4 Å². The predicted octanol–water partition coefficient (Wildman–Crippen LogP) is 3.61. The van der Waals surface area contributed by atoms with E-state index in [0.29, 0.717) is 17.5 Å². The zero-order valence-electron chi connectivity index (χ0n) is 16.6. The van der Waals surface area contributed by atoms with Crippen LogP contribution in [-0.2, 0) is 11.2 Å². The molecule has 0 bridgehead atoms. The number of carboxylic acids is 1. The van der Waals surface area contributed by atoms with Crippen molar-refractivity contribution in [2.24, 2.45) is 5.73 Å². The van der Waals surface area contributed by atoms with Crippen LogP contribution in [0.15, 0.2) is 91.0 Å². The summed E-state index contributed by atoms with van der Waals surface area (Å²) in [6.45, 7) is 0. The second-order valence-electron chi connectivity index (χ2n) is 7.34. The van der Waals surface area contributed by atoms with E-state index in [9.17, 15) is 14.7 Å². The number of nitrogens with one attached hydrogen (secondary N) is 1. The van der Waals surface area contributed by atoms with Gasteiger partial charge in [0.05, 0.1) is 0 Å². The van der Waals surface area contributed by atoms with Crippen molar-refractivity contribution in [2.45, 2.75) is 30.8 Å². The molecule has 154 valence electrons. The normalized spacial score (nSPS) is 17.8. The summed E-state index contributed by atoms with van der Waals surface area (Å²) in [5.74, 6) is -0.770. The Morgan fingerprint density at radius 1 is 0.900 bits per heavy atom. The van der Waals surface area contributed by atoms with E-state index < -0.39 is 12.0 Å². The number of benzene rings is 3. The summed E-state index contributed by atoms with van der Waals surface area (Å²) >= 11 is 0. The summed E-state index contributed by atoms with van der Waals surface area (Å²) in [6, 6.07) is 27.8. The van der Waals surface area contributed by atoms with Crippen molar-refractivity contribution in [3.8, 4) is 0 Å². The summed E-state index contributed by atoms with van der Waals surface area (Å²) in [7, 11) is 0. The van der Waals surface area contributed by atoms with E-state index in [1.165, 1.54) is 12.0 Å². The summed E-state index contributed by atoms with van der Waals surface area (Å²) in [5.41, 5.74) is 8.42. The molecule has 3 unspecified atom stereocenters. The fourth-order valence-electron chi connectivity index (χ4n) is 3.18. The molecule has 1 aliphatic rings. The zero-order valence-corrected chi connectivity index (χ0v) is 16.6. The first-order valence-electron chi connectivity index (χ1n) is 9.97. The Kier molecular flexibility index (Phi) is 7.35. The van der Waals surface area contributed by atoms with Crippen LogP contribution < -0.4 is 11.1 Å². The number of carbonyl (C=O) groups is 2. The van der Waals surface area contributed by atoms with Gasteiger partial charge >= 0.3 is 5.97 Å². The van der Waals surface area contributed by atoms with Crippen molar-refractivity contribution in [1.82, 2.24) is 5.32 Å². The van der Waals surface area contributed by atoms with Crippen molar-refractivity contribution in [3.05, 3.63) is 108 Å². The second-order valence-corrected chi connectivity index (χ2v) is 7.34. The number of rotatable bonds is 6. The lowest BCUT2D eigenvalue weighted by molar-refractivity contribution is -0.139. The number of nitrogens with two attached hydrogens (primary N) is 1. The molecule has 3 aromatic carbocycles. The zero-order chi connectivity index (χ0) is 21.3. The van der Waals surface area contributed by atoms with Crippen molar-refractivity contribution in [1.29, 1.82) is 0 Å². The molecule has 0 heterocycles. The molecule has 4 rings (SSSR count). The molecule has 3 aromatic rings. The lowest BCUT2D eigenvalue weighted by Gasteiger charge is -2.14. The van der Waals surface area contributed by atoms with Crippen LogP contribution >= 0.6 is 0 Å². The number of hydrogen-bond donors (Lipinski definition) is 3. The third-order valence-electron chi connectivity index (χ3n) is 4.99. The maximum absolute atomic E-state index is 12.0. The molecule has 0 saturated heterocycles. The molecule has 0 spiro atoms. The van der Waals surface area contributed by atoms with E-state index in [1.54, 1.807) is 30.3 Å². The van der Waals surface area contributed by atoms with Gasteiger partial charge in [-0.15, -0.1) is 0 Å². The minimum atomic E-state index is -1.04. The van der Waals surface area contributed by atoms with E-state index in [1.807, 2.05) is 36.4 Å². The van der Waals surface area contributed by atoms with Gasteiger partial charge in [0.15, 0.2) is 0 Å². The van der Waals surface area contributed by atoms with Gasteiger partial charge in [-0.1, -0.05) is 78.9 Å². The van der Waals surface area contributed by atoms with Crippen molar-refractivity contribution < 1.29 is 14.7 Å². The quantitative estimate of drug-likeness (QED) is 0.587. The Bertz CT molecular complexity index is 946. The van der Waals surface area contributed by atoms with Crippen LogP contribution in [0.25, 0.3) is 0 Å². The van der Waals surface area contributed by atoms with E-state index in [-0.39, 0.29) is 12.3 Å². The maximum Gasteiger partial charge on any atom is 0.326 e. The summed E-state index contributed by atoms with van der Waals surface area (Å²) < 4.78 is 0. The molecule has 1 fully saturated rings. The lowest BCUT2D eigenvalue weighted by atomic mass is 10.1. The van der Waals surface area contributed by atoms with Crippen molar-refractivity contribution >= 4 is 11.9 Å². The Morgan fingerprint density at radius 3 is 1.90 bits per heavy atom. The minimum absolute atomic E-state index is 0.259. The number of hydrogen-bond acceptors (Lipinski definition) is 3. The Morgan fingerprint density at radius 2 is 1.40 bits per heavy atom. The molecule has 1 aliphatic carbocycles. The van der Waals surface area contributed by atoms with Crippen LogP contribution in [0.3, 0.4) is 0 Å². The molecule has 3 atom stereocenters. The van der Waals surface area contributed by atoms with Crippen molar-refractivity contribution in [3.63, 3.8) is 0 Å². The number of carbonyl (C=O) groups excluding carboxylic acids is 1. The van der Waals surface area contributed by atoms with Gasteiger partial charge in [0.25, 0.3) is 5.91 Å². The molecular weight excluding hydrogens is 376 g/mol. The standard InChI is InChI=1S/C16H15NO3.C9H11N/c18-15(13-9-5-2-6-10-13)17-14(16(19)20)11-12-7-3-1-4-8-12;10-9-6-8(9)7-4-2-1-3-5-7/h1-10,14H,11H2,(H,17,18)(H,19,20);1-5,8-9H,6,10H2. The third kappa shape index (κ3) is 6.29. The van der Waals surface area contributed by atoms with Crippen LogP contribution in [0.4, 0.5) is 0 Å². The Balaban J connectivity index is 0.000000212. The Labute approximate surface area is 176 Å². The van der Waals surface area contributed by atoms with E-state index in [4.69, 9.17) is 5.73 Å². The van der Waals surface area contributed by atoms with Crippen LogP contribution in [0.1, 0.15) is 33.8 Å². The Hall–Kier alpha value is -3.44. The van der Waals surface area contributed by atoms with E-state index in [0.717, 1.165) is 5.56 Å². The second kappa shape index (κ2) is 10.4. The minimum Gasteiger partial charge on any atom is -0.480 e. The molecule has 0 radical (unpaired) electrons. The number of amides is 1.